The van der Waals surface area contributed by atoms with Crippen LogP contribution in [0.3, 0.4) is 0 Å². The third kappa shape index (κ3) is 2.54. The lowest BCUT2D eigenvalue weighted by Crippen LogP contribution is -2.34. The van der Waals surface area contributed by atoms with Crippen LogP contribution in [0.4, 0.5) is 0 Å². The Morgan fingerprint density at radius 1 is 0.840 bits per heavy atom. The fourth-order valence-electron chi connectivity index (χ4n) is 3.74. The van der Waals surface area contributed by atoms with Crippen molar-refractivity contribution in [2.45, 2.75) is 26.8 Å². The predicted molar refractivity (Wildman–Crippen MR) is 104 cm³/mol. The zero-order valence-electron chi connectivity index (χ0n) is 14.7. The molecule has 3 aromatic carbocycles. The zero-order chi connectivity index (χ0) is 17.4. The molecular weight excluding hydrogens is 306 g/mol. The minimum atomic E-state index is 0.328. The molecule has 0 atom stereocenters. The molecule has 0 aliphatic rings. The molecule has 0 spiro atoms. The van der Waals surface area contributed by atoms with E-state index in [4.69, 9.17) is 0 Å². The van der Waals surface area contributed by atoms with Crippen LogP contribution >= 0.6 is 0 Å². The van der Waals surface area contributed by atoms with E-state index in [1.807, 2.05) is 12.1 Å². The maximum Gasteiger partial charge on any atom is 0.220 e. The molecule has 1 N–H and O–H groups in total. The van der Waals surface area contributed by atoms with Gasteiger partial charge < -0.3 is 5.11 Å². The number of fused-ring (bicyclic) bond motifs is 3. The van der Waals surface area contributed by atoms with E-state index in [9.17, 15) is 5.11 Å². The molecule has 0 amide bonds. The van der Waals surface area contributed by atoms with Crippen LogP contribution < -0.4 is 4.57 Å². The van der Waals surface area contributed by atoms with Crippen molar-refractivity contribution in [3.05, 3.63) is 72.4 Å². The zero-order valence-corrected chi connectivity index (χ0v) is 14.7. The summed E-state index contributed by atoms with van der Waals surface area (Å²) >= 11 is 0. The van der Waals surface area contributed by atoms with Crippen molar-refractivity contribution < 1.29 is 9.67 Å². The number of aryl methyl sites for hydroxylation is 2. The number of phenolic OH excluding ortho intramolecular Hbond substituents is 1. The standard InChI is InChI=1S/C23H21NO/c1-3-16-15-18(25)10-12-20(16)23-22-11-9-17-7-5-6-8-19(17)21(22)13-14-24(23)4-2/h5-15H,3-4H2,1-2H3/p+1. The molecule has 0 saturated heterocycles. The molecule has 0 saturated carbocycles. The van der Waals surface area contributed by atoms with Gasteiger partial charge in [0.1, 0.15) is 12.3 Å². The van der Waals surface area contributed by atoms with E-state index < -0.39 is 0 Å². The molecule has 2 nitrogen and oxygen atoms in total. The molecule has 0 aliphatic heterocycles. The van der Waals surface area contributed by atoms with Gasteiger partial charge in [-0.05, 0) is 53.9 Å². The first kappa shape index (κ1) is 15.6. The maximum atomic E-state index is 9.89. The van der Waals surface area contributed by atoms with Crippen LogP contribution in [-0.2, 0) is 13.0 Å². The molecule has 4 rings (SSSR count). The van der Waals surface area contributed by atoms with Crippen LogP contribution in [0.15, 0.2) is 66.9 Å². The number of hydrogen-bond acceptors (Lipinski definition) is 1. The summed E-state index contributed by atoms with van der Waals surface area (Å²) in [6.45, 7) is 5.21. The van der Waals surface area contributed by atoms with Gasteiger partial charge in [0.05, 0.1) is 10.9 Å². The molecule has 1 heterocycles. The highest BCUT2D eigenvalue weighted by Gasteiger charge is 2.20. The summed E-state index contributed by atoms with van der Waals surface area (Å²) in [7, 11) is 0. The van der Waals surface area contributed by atoms with Gasteiger partial charge in [0, 0.05) is 11.5 Å². The molecule has 0 radical (unpaired) electrons. The van der Waals surface area contributed by atoms with Crippen LogP contribution in [0.2, 0.25) is 0 Å². The van der Waals surface area contributed by atoms with Gasteiger partial charge in [-0.3, -0.25) is 0 Å². The van der Waals surface area contributed by atoms with Crippen molar-refractivity contribution in [3.8, 4) is 17.0 Å². The molecule has 0 aliphatic carbocycles. The van der Waals surface area contributed by atoms with Gasteiger partial charge in [0.2, 0.25) is 5.69 Å². The first-order chi connectivity index (χ1) is 12.2. The van der Waals surface area contributed by atoms with E-state index in [0.29, 0.717) is 5.75 Å². The highest BCUT2D eigenvalue weighted by molar-refractivity contribution is 6.10. The highest BCUT2D eigenvalue weighted by atomic mass is 16.3. The van der Waals surface area contributed by atoms with Crippen molar-refractivity contribution in [1.82, 2.24) is 0 Å². The quantitative estimate of drug-likeness (QED) is 0.404. The average molecular weight is 328 g/mol. The number of nitrogens with zero attached hydrogens (tertiary/aromatic N) is 1. The van der Waals surface area contributed by atoms with Gasteiger partial charge >= 0.3 is 0 Å². The molecule has 0 fully saturated rings. The summed E-state index contributed by atoms with van der Waals surface area (Å²) in [6.07, 6.45) is 3.06. The van der Waals surface area contributed by atoms with Crippen molar-refractivity contribution in [2.75, 3.05) is 0 Å². The van der Waals surface area contributed by atoms with Crippen LogP contribution in [0.25, 0.3) is 32.8 Å². The van der Waals surface area contributed by atoms with E-state index in [-0.39, 0.29) is 0 Å². The average Bonchev–Trinajstić information content (AvgIpc) is 2.66. The third-order valence-electron chi connectivity index (χ3n) is 5.00. The summed E-state index contributed by atoms with van der Waals surface area (Å²) in [6, 6.07) is 20.9. The van der Waals surface area contributed by atoms with E-state index in [1.165, 1.54) is 38.4 Å². The summed E-state index contributed by atoms with van der Waals surface area (Å²) < 4.78 is 2.29. The third-order valence-corrected chi connectivity index (χ3v) is 5.00. The summed E-state index contributed by atoms with van der Waals surface area (Å²) in [5, 5.41) is 15.0. The van der Waals surface area contributed by atoms with Crippen molar-refractivity contribution >= 4 is 21.5 Å². The first-order valence-corrected chi connectivity index (χ1v) is 8.89. The summed E-state index contributed by atoms with van der Waals surface area (Å²) in [4.78, 5) is 0. The van der Waals surface area contributed by atoms with Crippen molar-refractivity contribution in [2.24, 2.45) is 0 Å². The summed E-state index contributed by atoms with van der Waals surface area (Å²) in [5.74, 6) is 0.328. The van der Waals surface area contributed by atoms with Gasteiger partial charge in [-0.25, -0.2) is 0 Å². The Morgan fingerprint density at radius 3 is 2.48 bits per heavy atom. The molecule has 1 aromatic heterocycles. The van der Waals surface area contributed by atoms with Gasteiger partial charge in [-0.1, -0.05) is 37.3 Å². The number of phenols is 1. The largest absolute Gasteiger partial charge is 0.508 e. The maximum absolute atomic E-state index is 9.89. The lowest BCUT2D eigenvalue weighted by molar-refractivity contribution is -0.681. The Labute approximate surface area is 148 Å². The first-order valence-electron chi connectivity index (χ1n) is 8.89. The summed E-state index contributed by atoms with van der Waals surface area (Å²) in [5.41, 5.74) is 3.59. The minimum Gasteiger partial charge on any atom is -0.508 e. The Balaban J connectivity index is 2.13. The molecule has 2 heteroatoms. The molecule has 25 heavy (non-hydrogen) atoms. The van der Waals surface area contributed by atoms with Gasteiger partial charge in [0.15, 0.2) is 6.20 Å². The predicted octanol–water partition coefficient (Wildman–Crippen LogP) is 5.24. The second-order valence-corrected chi connectivity index (χ2v) is 6.39. The Hall–Kier alpha value is -2.87. The van der Waals surface area contributed by atoms with E-state index in [2.05, 4.69) is 67.1 Å². The molecular formula is C23H22NO+. The van der Waals surface area contributed by atoms with E-state index in [0.717, 1.165) is 13.0 Å². The lowest BCUT2D eigenvalue weighted by Gasteiger charge is -2.12. The van der Waals surface area contributed by atoms with Crippen LogP contribution in [-0.4, -0.2) is 5.11 Å². The molecule has 4 aromatic rings. The SMILES string of the molecule is CCc1cc(O)ccc1-c1c2ccc3ccccc3c2cc[n+]1CC. The second-order valence-electron chi connectivity index (χ2n) is 6.39. The van der Waals surface area contributed by atoms with Crippen molar-refractivity contribution in [1.29, 1.82) is 0 Å². The van der Waals surface area contributed by atoms with Gasteiger partial charge in [0.25, 0.3) is 0 Å². The van der Waals surface area contributed by atoms with Crippen molar-refractivity contribution in [3.63, 3.8) is 0 Å². The second kappa shape index (κ2) is 6.21. The molecule has 0 bridgehead atoms. The Morgan fingerprint density at radius 2 is 1.68 bits per heavy atom. The molecule has 0 unspecified atom stereocenters. The normalized spacial score (nSPS) is 11.3. The number of pyridine rings is 1. The lowest BCUT2D eigenvalue weighted by atomic mass is 9.95. The Bertz CT molecular complexity index is 1080. The fraction of sp³-hybridized carbons (Fsp3) is 0.174. The fourth-order valence-corrected chi connectivity index (χ4v) is 3.74. The number of hydrogen-bond donors (Lipinski definition) is 1. The number of benzene rings is 3. The smallest absolute Gasteiger partial charge is 0.220 e. The Kier molecular flexibility index (Phi) is 3.89. The monoisotopic (exact) mass is 328 g/mol. The number of aromatic nitrogens is 1. The molecule has 124 valence electrons. The van der Waals surface area contributed by atoms with Crippen LogP contribution in [0.1, 0.15) is 19.4 Å². The minimum absolute atomic E-state index is 0.328. The van der Waals surface area contributed by atoms with Gasteiger partial charge in [-0.15, -0.1) is 0 Å². The van der Waals surface area contributed by atoms with Gasteiger partial charge in [-0.2, -0.15) is 4.57 Å². The highest BCUT2D eigenvalue weighted by Crippen LogP contribution is 2.33. The van der Waals surface area contributed by atoms with Crippen LogP contribution in [0, 0.1) is 0 Å². The number of aromatic hydroxyl groups is 1. The van der Waals surface area contributed by atoms with Crippen LogP contribution in [0.5, 0.6) is 5.75 Å². The topological polar surface area (TPSA) is 24.1 Å². The van der Waals surface area contributed by atoms with E-state index >= 15 is 0 Å². The van der Waals surface area contributed by atoms with E-state index in [1.54, 1.807) is 6.07 Å². The number of rotatable bonds is 3.